The van der Waals surface area contributed by atoms with Crippen molar-refractivity contribution in [2.24, 2.45) is 5.92 Å². The van der Waals surface area contributed by atoms with Crippen molar-refractivity contribution in [2.45, 2.75) is 25.9 Å². The number of hydrogen-bond donors (Lipinski definition) is 2. The first-order chi connectivity index (χ1) is 4.70. The maximum Gasteiger partial charge on any atom is 0.0773 e. The zero-order chi connectivity index (χ0) is 7.98. The summed E-state index contributed by atoms with van der Waals surface area (Å²) in [6.45, 7) is 5.48. The largest absolute Gasteiger partial charge is 0.394 e. The van der Waals surface area contributed by atoms with Crippen molar-refractivity contribution >= 4 is 0 Å². The van der Waals surface area contributed by atoms with Crippen molar-refractivity contribution in [3.05, 3.63) is 12.7 Å². The molecular weight excluding hydrogens is 128 g/mol. The molecule has 0 saturated heterocycles. The van der Waals surface area contributed by atoms with Crippen LogP contribution in [0.25, 0.3) is 0 Å². The summed E-state index contributed by atoms with van der Waals surface area (Å²) in [5, 5.41) is 17.4. The van der Waals surface area contributed by atoms with Crippen LogP contribution in [0.1, 0.15) is 19.8 Å². The maximum absolute atomic E-state index is 8.97. The van der Waals surface area contributed by atoms with Crippen LogP contribution >= 0.6 is 0 Å². The van der Waals surface area contributed by atoms with E-state index in [9.17, 15) is 0 Å². The Morgan fingerprint density at radius 2 is 2.20 bits per heavy atom. The first-order valence-electron chi connectivity index (χ1n) is 3.60. The molecular formula is C8H16O2. The Morgan fingerprint density at radius 3 is 2.60 bits per heavy atom. The maximum atomic E-state index is 8.97. The third-order valence-corrected chi connectivity index (χ3v) is 1.45. The summed E-state index contributed by atoms with van der Waals surface area (Å²) in [6.07, 6.45) is 2.82. The van der Waals surface area contributed by atoms with Gasteiger partial charge in [0.1, 0.15) is 0 Å². The van der Waals surface area contributed by atoms with Crippen molar-refractivity contribution in [3.63, 3.8) is 0 Å². The fourth-order valence-corrected chi connectivity index (χ4v) is 0.920. The molecule has 2 N–H and O–H groups in total. The summed E-state index contributed by atoms with van der Waals surface area (Å²) >= 11 is 0. The molecule has 0 aromatic rings. The summed E-state index contributed by atoms with van der Waals surface area (Å²) in [7, 11) is 0. The van der Waals surface area contributed by atoms with E-state index in [1.54, 1.807) is 0 Å². The van der Waals surface area contributed by atoms with E-state index in [1.807, 2.05) is 13.0 Å². The average molecular weight is 144 g/mol. The smallest absolute Gasteiger partial charge is 0.0773 e. The van der Waals surface area contributed by atoms with Gasteiger partial charge in [-0.1, -0.05) is 13.0 Å². The molecule has 0 fully saturated rings. The zero-order valence-corrected chi connectivity index (χ0v) is 6.45. The monoisotopic (exact) mass is 144 g/mol. The van der Waals surface area contributed by atoms with Crippen molar-refractivity contribution in [1.82, 2.24) is 0 Å². The molecule has 0 aliphatic rings. The van der Waals surface area contributed by atoms with E-state index in [4.69, 9.17) is 10.2 Å². The third kappa shape index (κ3) is 4.53. The van der Waals surface area contributed by atoms with Crippen LogP contribution in [0.15, 0.2) is 12.7 Å². The Bertz CT molecular complexity index is 91.3. The van der Waals surface area contributed by atoms with Gasteiger partial charge in [-0.15, -0.1) is 6.58 Å². The minimum absolute atomic E-state index is 0.137. The highest BCUT2D eigenvalue weighted by Gasteiger charge is 2.06. The van der Waals surface area contributed by atoms with Crippen molar-refractivity contribution in [3.8, 4) is 0 Å². The SMILES string of the molecule is C=CCC(C)CC(O)CO. The second-order valence-corrected chi connectivity index (χ2v) is 2.70. The molecule has 0 radical (unpaired) electrons. The van der Waals surface area contributed by atoms with Gasteiger partial charge in [0, 0.05) is 0 Å². The summed E-state index contributed by atoms with van der Waals surface area (Å²) in [4.78, 5) is 0. The molecule has 10 heavy (non-hydrogen) atoms. The quantitative estimate of drug-likeness (QED) is 0.564. The Labute approximate surface area is 62.2 Å². The van der Waals surface area contributed by atoms with Gasteiger partial charge in [0.15, 0.2) is 0 Å². The molecule has 0 aromatic heterocycles. The highest BCUT2D eigenvalue weighted by Crippen LogP contribution is 2.09. The second kappa shape index (κ2) is 5.45. The normalized spacial score (nSPS) is 16.3. The Morgan fingerprint density at radius 1 is 1.60 bits per heavy atom. The number of rotatable bonds is 5. The van der Waals surface area contributed by atoms with E-state index < -0.39 is 6.10 Å². The molecule has 0 amide bonds. The van der Waals surface area contributed by atoms with Gasteiger partial charge in [-0.05, 0) is 18.8 Å². The molecule has 0 aliphatic heterocycles. The molecule has 2 atom stereocenters. The van der Waals surface area contributed by atoms with E-state index in [-0.39, 0.29) is 6.61 Å². The molecule has 0 rings (SSSR count). The van der Waals surface area contributed by atoms with E-state index in [1.165, 1.54) is 0 Å². The van der Waals surface area contributed by atoms with Gasteiger partial charge in [0.25, 0.3) is 0 Å². The highest BCUT2D eigenvalue weighted by molar-refractivity contribution is 4.72. The van der Waals surface area contributed by atoms with Crippen LogP contribution in [0.3, 0.4) is 0 Å². The number of aliphatic hydroxyl groups excluding tert-OH is 2. The van der Waals surface area contributed by atoms with Crippen LogP contribution in [-0.2, 0) is 0 Å². The lowest BCUT2D eigenvalue weighted by atomic mass is 10.0. The zero-order valence-electron chi connectivity index (χ0n) is 6.45. The number of aliphatic hydroxyl groups is 2. The molecule has 0 aliphatic carbocycles. The number of hydrogen-bond acceptors (Lipinski definition) is 2. The van der Waals surface area contributed by atoms with E-state index >= 15 is 0 Å². The first kappa shape index (κ1) is 9.66. The van der Waals surface area contributed by atoms with Crippen molar-refractivity contribution < 1.29 is 10.2 Å². The molecule has 0 spiro atoms. The molecule has 0 bridgehead atoms. The van der Waals surface area contributed by atoms with Crippen molar-refractivity contribution in [2.75, 3.05) is 6.61 Å². The molecule has 0 saturated carbocycles. The summed E-state index contributed by atoms with van der Waals surface area (Å²) in [6, 6.07) is 0. The number of allylic oxidation sites excluding steroid dienone is 1. The lowest BCUT2D eigenvalue weighted by molar-refractivity contribution is 0.0765. The van der Waals surface area contributed by atoms with E-state index in [0.29, 0.717) is 12.3 Å². The summed E-state index contributed by atoms with van der Waals surface area (Å²) in [5.41, 5.74) is 0. The summed E-state index contributed by atoms with van der Waals surface area (Å²) in [5.74, 6) is 0.416. The molecule has 2 unspecified atom stereocenters. The van der Waals surface area contributed by atoms with Gasteiger partial charge >= 0.3 is 0 Å². The molecule has 0 heterocycles. The van der Waals surface area contributed by atoms with Gasteiger partial charge < -0.3 is 10.2 Å². The van der Waals surface area contributed by atoms with Crippen LogP contribution in [0.2, 0.25) is 0 Å². The standard InChI is InChI=1S/C8H16O2/c1-3-4-7(2)5-8(10)6-9/h3,7-10H,1,4-6H2,2H3. The van der Waals surface area contributed by atoms with Gasteiger partial charge in [-0.3, -0.25) is 0 Å². The minimum atomic E-state index is -0.560. The minimum Gasteiger partial charge on any atom is -0.394 e. The molecule has 2 nitrogen and oxygen atoms in total. The predicted octanol–water partition coefficient (Wildman–Crippen LogP) is 0.942. The van der Waals surface area contributed by atoms with E-state index in [0.717, 1.165) is 6.42 Å². The Hall–Kier alpha value is -0.340. The molecule has 60 valence electrons. The van der Waals surface area contributed by atoms with Crippen LogP contribution in [-0.4, -0.2) is 22.9 Å². The predicted molar refractivity (Wildman–Crippen MR) is 41.7 cm³/mol. The fourth-order valence-electron chi connectivity index (χ4n) is 0.920. The van der Waals surface area contributed by atoms with Gasteiger partial charge in [-0.2, -0.15) is 0 Å². The first-order valence-corrected chi connectivity index (χ1v) is 3.60. The Balaban J connectivity index is 3.35. The fraction of sp³-hybridized carbons (Fsp3) is 0.750. The van der Waals surface area contributed by atoms with Crippen LogP contribution in [0.5, 0.6) is 0 Å². The average Bonchev–Trinajstić information content (AvgIpc) is 1.88. The van der Waals surface area contributed by atoms with Gasteiger partial charge in [-0.25, -0.2) is 0 Å². The Kier molecular flexibility index (Phi) is 5.26. The second-order valence-electron chi connectivity index (χ2n) is 2.70. The van der Waals surface area contributed by atoms with Crippen molar-refractivity contribution in [1.29, 1.82) is 0 Å². The van der Waals surface area contributed by atoms with Crippen LogP contribution in [0, 0.1) is 5.92 Å². The lowest BCUT2D eigenvalue weighted by Gasteiger charge is -2.11. The third-order valence-electron chi connectivity index (χ3n) is 1.45. The van der Waals surface area contributed by atoms with E-state index in [2.05, 4.69) is 6.58 Å². The summed E-state index contributed by atoms with van der Waals surface area (Å²) < 4.78 is 0. The van der Waals surface area contributed by atoms with Gasteiger partial charge in [0.05, 0.1) is 12.7 Å². The van der Waals surface area contributed by atoms with Gasteiger partial charge in [0.2, 0.25) is 0 Å². The molecule has 2 heteroatoms. The lowest BCUT2D eigenvalue weighted by Crippen LogP contribution is -2.15. The highest BCUT2D eigenvalue weighted by atomic mass is 16.3. The van der Waals surface area contributed by atoms with Crippen LogP contribution in [0.4, 0.5) is 0 Å². The molecule has 0 aromatic carbocycles. The van der Waals surface area contributed by atoms with Crippen LogP contribution < -0.4 is 0 Å². The topological polar surface area (TPSA) is 40.5 Å².